The molecule has 2 aliphatic rings. The fourth-order valence-corrected chi connectivity index (χ4v) is 4.12. The number of benzene rings is 2. The predicted molar refractivity (Wildman–Crippen MR) is 95.4 cm³/mol. The maximum absolute atomic E-state index is 14.6. The Morgan fingerprint density at radius 2 is 1.58 bits per heavy atom. The van der Waals surface area contributed by atoms with Gasteiger partial charge in [-0.25, -0.2) is 4.39 Å². The van der Waals surface area contributed by atoms with Crippen LogP contribution in [0.3, 0.4) is 0 Å². The largest absolute Gasteiger partial charge is 0.312 e. The van der Waals surface area contributed by atoms with Crippen LogP contribution in [-0.2, 0) is 0 Å². The van der Waals surface area contributed by atoms with Crippen LogP contribution in [0.25, 0.3) is 0 Å². The first-order valence-electron chi connectivity index (χ1n) is 8.69. The summed E-state index contributed by atoms with van der Waals surface area (Å²) >= 11 is 0. The van der Waals surface area contributed by atoms with Gasteiger partial charge >= 0.3 is 0 Å². The third-order valence-electron chi connectivity index (χ3n) is 5.37. The first-order valence-corrected chi connectivity index (χ1v) is 8.69. The van der Waals surface area contributed by atoms with Crippen LogP contribution >= 0.6 is 0 Å². The average Bonchev–Trinajstić information content (AvgIpc) is 3.05. The highest BCUT2D eigenvalue weighted by atomic mass is 19.1. The van der Waals surface area contributed by atoms with Gasteiger partial charge in [0.05, 0.1) is 6.04 Å². The summed E-state index contributed by atoms with van der Waals surface area (Å²) in [6, 6.07) is 21.3. The summed E-state index contributed by atoms with van der Waals surface area (Å²) in [5.41, 5.74) is 2.20. The number of rotatable bonds is 3. The zero-order chi connectivity index (χ0) is 16.4. The van der Waals surface area contributed by atoms with E-state index in [1.165, 1.54) is 11.1 Å². The van der Waals surface area contributed by atoms with E-state index in [0.717, 1.165) is 26.1 Å². The molecule has 1 atom stereocenters. The van der Waals surface area contributed by atoms with Crippen molar-refractivity contribution in [1.82, 2.24) is 10.2 Å². The van der Waals surface area contributed by atoms with Gasteiger partial charge in [0, 0.05) is 31.6 Å². The molecule has 2 nitrogen and oxygen atoms in total. The van der Waals surface area contributed by atoms with Crippen molar-refractivity contribution in [3.8, 4) is 0 Å². The lowest BCUT2D eigenvalue weighted by Gasteiger charge is -2.34. The number of nitrogens with zero attached hydrogens (tertiary/aromatic N) is 1. The van der Waals surface area contributed by atoms with E-state index in [4.69, 9.17) is 0 Å². The lowest BCUT2D eigenvalue weighted by molar-refractivity contribution is 0.216. The normalized spacial score (nSPS) is 24.5. The molecule has 0 aliphatic carbocycles. The van der Waals surface area contributed by atoms with Crippen molar-refractivity contribution in [2.24, 2.45) is 5.41 Å². The Kier molecular flexibility index (Phi) is 4.21. The molecule has 2 aromatic carbocycles. The fraction of sp³-hybridized carbons (Fsp3) is 0.333. The van der Waals surface area contributed by atoms with Gasteiger partial charge in [-0.1, -0.05) is 60.7 Å². The summed E-state index contributed by atoms with van der Waals surface area (Å²) in [4.78, 5) is 2.44. The van der Waals surface area contributed by atoms with Crippen LogP contribution in [0.2, 0.25) is 0 Å². The highest BCUT2D eigenvalue weighted by Gasteiger charge is 2.45. The van der Waals surface area contributed by atoms with E-state index in [1.807, 2.05) is 12.1 Å². The molecular formula is C21H23FN2. The number of hydrogen-bond acceptors (Lipinski definition) is 2. The average molecular weight is 322 g/mol. The zero-order valence-corrected chi connectivity index (χ0v) is 13.8. The Balaban J connectivity index is 1.68. The molecule has 0 saturated carbocycles. The molecular weight excluding hydrogens is 299 g/mol. The van der Waals surface area contributed by atoms with Gasteiger partial charge < -0.3 is 5.32 Å². The Hall–Kier alpha value is -1.97. The van der Waals surface area contributed by atoms with Crippen molar-refractivity contribution >= 4 is 0 Å². The zero-order valence-electron chi connectivity index (χ0n) is 13.8. The second kappa shape index (κ2) is 6.50. The van der Waals surface area contributed by atoms with Crippen molar-refractivity contribution in [1.29, 1.82) is 0 Å². The molecule has 1 N–H and O–H groups in total. The molecule has 0 amide bonds. The standard InChI is InChI=1S/C21H23FN2/c22-19-11-13-23-15-21(19)12-14-24(16-21)20(17-7-3-1-4-8-17)18-9-5-2-6-10-18/h1-11,20,23H,12-16H2. The van der Waals surface area contributed by atoms with Crippen LogP contribution in [-0.4, -0.2) is 31.1 Å². The smallest absolute Gasteiger partial charge is 0.106 e. The lowest BCUT2D eigenvalue weighted by atomic mass is 9.83. The Labute approximate surface area is 143 Å². The summed E-state index contributed by atoms with van der Waals surface area (Å²) in [6.45, 7) is 3.06. The Morgan fingerprint density at radius 3 is 2.17 bits per heavy atom. The summed E-state index contributed by atoms with van der Waals surface area (Å²) < 4.78 is 14.6. The third-order valence-corrected chi connectivity index (χ3v) is 5.37. The van der Waals surface area contributed by atoms with E-state index in [-0.39, 0.29) is 17.3 Å². The minimum Gasteiger partial charge on any atom is -0.312 e. The number of halogens is 1. The van der Waals surface area contributed by atoms with Crippen LogP contribution in [0.4, 0.5) is 4.39 Å². The molecule has 0 bridgehead atoms. The summed E-state index contributed by atoms with van der Waals surface area (Å²) in [6.07, 6.45) is 2.59. The van der Waals surface area contributed by atoms with E-state index >= 15 is 0 Å². The van der Waals surface area contributed by atoms with Gasteiger partial charge in [-0.2, -0.15) is 0 Å². The molecule has 1 spiro atoms. The third kappa shape index (κ3) is 2.79. The Bertz CT molecular complexity index is 674. The first kappa shape index (κ1) is 15.6. The van der Waals surface area contributed by atoms with Gasteiger partial charge in [-0.15, -0.1) is 0 Å². The first-order chi connectivity index (χ1) is 11.8. The monoisotopic (exact) mass is 322 g/mol. The van der Waals surface area contributed by atoms with Crippen molar-refractivity contribution in [3.05, 3.63) is 83.7 Å². The van der Waals surface area contributed by atoms with Crippen LogP contribution in [0.1, 0.15) is 23.6 Å². The molecule has 3 heteroatoms. The van der Waals surface area contributed by atoms with Gasteiger partial charge in [0.25, 0.3) is 0 Å². The minimum absolute atomic E-state index is 0.0728. The van der Waals surface area contributed by atoms with Gasteiger partial charge in [0.2, 0.25) is 0 Å². The molecule has 24 heavy (non-hydrogen) atoms. The van der Waals surface area contributed by atoms with Crippen molar-refractivity contribution < 1.29 is 4.39 Å². The van der Waals surface area contributed by atoms with E-state index in [9.17, 15) is 4.39 Å². The second-order valence-corrected chi connectivity index (χ2v) is 6.91. The molecule has 2 aliphatic heterocycles. The van der Waals surface area contributed by atoms with E-state index < -0.39 is 0 Å². The van der Waals surface area contributed by atoms with E-state index in [2.05, 4.69) is 58.7 Å². The number of likely N-dealkylation sites (tertiary alicyclic amines) is 1. The topological polar surface area (TPSA) is 15.3 Å². The maximum atomic E-state index is 14.6. The lowest BCUT2D eigenvalue weighted by Crippen LogP contribution is -2.41. The maximum Gasteiger partial charge on any atom is 0.106 e. The predicted octanol–water partition coefficient (Wildman–Crippen LogP) is 3.92. The van der Waals surface area contributed by atoms with Gasteiger partial charge in [-0.05, 0) is 23.6 Å². The molecule has 0 radical (unpaired) electrons. The van der Waals surface area contributed by atoms with Crippen LogP contribution < -0.4 is 5.32 Å². The molecule has 2 heterocycles. The summed E-state index contributed by atoms with van der Waals surface area (Å²) in [5.74, 6) is 0.0728. The summed E-state index contributed by atoms with van der Waals surface area (Å²) in [5, 5.41) is 3.34. The van der Waals surface area contributed by atoms with Crippen LogP contribution in [0.5, 0.6) is 0 Å². The van der Waals surface area contributed by atoms with Gasteiger partial charge in [0.1, 0.15) is 5.83 Å². The van der Waals surface area contributed by atoms with Crippen molar-refractivity contribution in [3.63, 3.8) is 0 Å². The Morgan fingerprint density at radius 1 is 0.958 bits per heavy atom. The molecule has 1 fully saturated rings. The molecule has 1 unspecified atom stereocenters. The molecule has 1 saturated heterocycles. The fourth-order valence-electron chi connectivity index (χ4n) is 4.12. The highest BCUT2D eigenvalue weighted by Crippen LogP contribution is 2.43. The minimum atomic E-state index is -0.347. The second-order valence-electron chi connectivity index (χ2n) is 6.91. The van der Waals surface area contributed by atoms with Gasteiger partial charge in [-0.3, -0.25) is 4.90 Å². The number of nitrogens with one attached hydrogen (secondary N) is 1. The number of hydrogen-bond donors (Lipinski definition) is 1. The molecule has 4 rings (SSSR count). The quantitative estimate of drug-likeness (QED) is 0.921. The van der Waals surface area contributed by atoms with Crippen LogP contribution in [0, 0.1) is 5.41 Å². The summed E-state index contributed by atoms with van der Waals surface area (Å²) in [7, 11) is 0. The molecule has 124 valence electrons. The van der Waals surface area contributed by atoms with E-state index in [1.54, 1.807) is 6.08 Å². The van der Waals surface area contributed by atoms with Crippen molar-refractivity contribution in [2.45, 2.75) is 12.5 Å². The van der Waals surface area contributed by atoms with Gasteiger partial charge in [0.15, 0.2) is 0 Å². The SMILES string of the molecule is FC1=CCNCC12CCN(C(c1ccccc1)c1ccccc1)C2. The molecule has 2 aromatic rings. The van der Waals surface area contributed by atoms with Crippen LogP contribution in [0.15, 0.2) is 72.6 Å². The van der Waals surface area contributed by atoms with Crippen molar-refractivity contribution in [2.75, 3.05) is 26.2 Å². The highest BCUT2D eigenvalue weighted by molar-refractivity contribution is 5.33. The molecule has 0 aromatic heterocycles. The van der Waals surface area contributed by atoms with E-state index in [0.29, 0.717) is 6.54 Å².